The van der Waals surface area contributed by atoms with Gasteiger partial charge in [-0.3, -0.25) is 4.79 Å². The molecule has 2 unspecified atom stereocenters. The minimum absolute atomic E-state index is 0. The van der Waals surface area contributed by atoms with E-state index in [1.54, 1.807) is 0 Å². The number of hydrogen-bond donors (Lipinski definition) is 1. The van der Waals surface area contributed by atoms with E-state index >= 15 is 0 Å². The standard InChI is InChI=1S/C14H18BrFN2O.ClH/c1-9(17)13-4-2-3-7-18(13)14(19)10-5-6-12(16)11(15)8-10;/h5-6,8-9,13H,2-4,7,17H2,1H3;1H. The van der Waals surface area contributed by atoms with Crippen molar-refractivity contribution >= 4 is 34.2 Å². The van der Waals surface area contributed by atoms with Gasteiger partial charge in [0.2, 0.25) is 0 Å². The van der Waals surface area contributed by atoms with Gasteiger partial charge in [-0.1, -0.05) is 0 Å². The number of nitrogens with two attached hydrogens (primary N) is 1. The molecule has 1 saturated heterocycles. The Labute approximate surface area is 133 Å². The lowest BCUT2D eigenvalue weighted by atomic mass is 9.96. The SMILES string of the molecule is CC(N)C1CCCCN1C(=O)c1ccc(F)c(Br)c1.Cl. The fourth-order valence-electron chi connectivity index (χ4n) is 2.55. The van der Waals surface area contributed by atoms with Crippen LogP contribution in [0.3, 0.4) is 0 Å². The van der Waals surface area contributed by atoms with Gasteiger partial charge in [0.25, 0.3) is 5.91 Å². The molecule has 0 saturated carbocycles. The molecule has 20 heavy (non-hydrogen) atoms. The molecule has 1 aromatic carbocycles. The summed E-state index contributed by atoms with van der Waals surface area (Å²) in [6.45, 7) is 2.65. The summed E-state index contributed by atoms with van der Waals surface area (Å²) in [6, 6.07) is 4.39. The average molecular weight is 366 g/mol. The minimum Gasteiger partial charge on any atom is -0.334 e. The molecule has 6 heteroatoms. The second kappa shape index (κ2) is 7.38. The van der Waals surface area contributed by atoms with Gasteiger partial charge in [-0.25, -0.2) is 4.39 Å². The van der Waals surface area contributed by atoms with Crippen LogP contribution in [0.4, 0.5) is 4.39 Å². The minimum atomic E-state index is -0.362. The summed E-state index contributed by atoms with van der Waals surface area (Å²) in [5, 5.41) is 0. The van der Waals surface area contributed by atoms with E-state index in [1.807, 2.05) is 11.8 Å². The predicted octanol–water partition coefficient (Wildman–Crippen LogP) is 3.35. The second-order valence-electron chi connectivity index (χ2n) is 5.05. The van der Waals surface area contributed by atoms with E-state index < -0.39 is 0 Å². The molecule has 0 radical (unpaired) electrons. The van der Waals surface area contributed by atoms with E-state index in [4.69, 9.17) is 5.73 Å². The summed E-state index contributed by atoms with van der Waals surface area (Å²) in [5.41, 5.74) is 6.47. The maximum atomic E-state index is 13.2. The normalized spacial score (nSPS) is 20.2. The highest BCUT2D eigenvalue weighted by Crippen LogP contribution is 2.23. The summed E-state index contributed by atoms with van der Waals surface area (Å²) in [4.78, 5) is 14.3. The van der Waals surface area contributed by atoms with Crippen LogP contribution in [-0.2, 0) is 0 Å². The Morgan fingerprint density at radius 1 is 1.50 bits per heavy atom. The largest absolute Gasteiger partial charge is 0.334 e. The Kier molecular flexibility index (Phi) is 6.43. The van der Waals surface area contributed by atoms with E-state index in [9.17, 15) is 9.18 Å². The molecule has 2 atom stereocenters. The molecule has 1 aliphatic heterocycles. The number of piperidine rings is 1. The molecule has 1 heterocycles. The highest BCUT2D eigenvalue weighted by atomic mass is 79.9. The number of likely N-dealkylation sites (tertiary alicyclic amines) is 1. The molecule has 0 aliphatic carbocycles. The van der Waals surface area contributed by atoms with Crippen molar-refractivity contribution in [2.24, 2.45) is 5.73 Å². The lowest BCUT2D eigenvalue weighted by molar-refractivity contribution is 0.0583. The maximum absolute atomic E-state index is 13.2. The van der Waals surface area contributed by atoms with Crippen molar-refractivity contribution in [2.45, 2.75) is 38.3 Å². The Bertz CT molecular complexity index is 484. The molecule has 0 aromatic heterocycles. The number of hydrogen-bond acceptors (Lipinski definition) is 2. The monoisotopic (exact) mass is 364 g/mol. The number of benzene rings is 1. The number of amides is 1. The van der Waals surface area contributed by atoms with Crippen LogP contribution in [0.15, 0.2) is 22.7 Å². The van der Waals surface area contributed by atoms with Crippen LogP contribution in [-0.4, -0.2) is 29.4 Å². The fraction of sp³-hybridized carbons (Fsp3) is 0.500. The third kappa shape index (κ3) is 3.71. The van der Waals surface area contributed by atoms with E-state index in [-0.39, 0.29) is 36.2 Å². The van der Waals surface area contributed by atoms with Gasteiger partial charge in [-0.05, 0) is 60.3 Å². The fourth-order valence-corrected chi connectivity index (χ4v) is 2.93. The van der Waals surface area contributed by atoms with Crippen molar-refractivity contribution in [3.63, 3.8) is 0 Å². The molecule has 0 bridgehead atoms. The molecular weight excluding hydrogens is 347 g/mol. The zero-order valence-electron chi connectivity index (χ0n) is 11.3. The first-order chi connectivity index (χ1) is 9.00. The van der Waals surface area contributed by atoms with E-state index in [1.165, 1.54) is 18.2 Å². The van der Waals surface area contributed by atoms with Gasteiger partial charge in [0.15, 0.2) is 0 Å². The highest BCUT2D eigenvalue weighted by molar-refractivity contribution is 9.10. The van der Waals surface area contributed by atoms with Gasteiger partial charge in [0.05, 0.1) is 4.47 Å². The van der Waals surface area contributed by atoms with E-state index in [2.05, 4.69) is 15.9 Å². The molecule has 2 rings (SSSR count). The van der Waals surface area contributed by atoms with Crippen molar-refractivity contribution in [1.29, 1.82) is 0 Å². The molecule has 1 amide bonds. The summed E-state index contributed by atoms with van der Waals surface area (Å²) in [6.07, 6.45) is 3.03. The number of carbonyl (C=O) groups excluding carboxylic acids is 1. The number of rotatable bonds is 2. The first kappa shape index (κ1) is 17.4. The van der Waals surface area contributed by atoms with Crippen LogP contribution in [0, 0.1) is 5.82 Å². The maximum Gasteiger partial charge on any atom is 0.254 e. The molecule has 0 spiro atoms. The Balaban J connectivity index is 0.00000200. The van der Waals surface area contributed by atoms with Crippen LogP contribution < -0.4 is 5.73 Å². The third-order valence-electron chi connectivity index (χ3n) is 3.58. The molecule has 1 aliphatic rings. The summed E-state index contributed by atoms with van der Waals surface area (Å²) in [5.74, 6) is -0.429. The average Bonchev–Trinajstić information content (AvgIpc) is 2.41. The van der Waals surface area contributed by atoms with Crippen molar-refractivity contribution in [3.8, 4) is 0 Å². The van der Waals surface area contributed by atoms with Crippen molar-refractivity contribution in [3.05, 3.63) is 34.1 Å². The van der Waals surface area contributed by atoms with Crippen LogP contribution in [0.1, 0.15) is 36.5 Å². The molecule has 3 nitrogen and oxygen atoms in total. The highest BCUT2D eigenvalue weighted by Gasteiger charge is 2.29. The van der Waals surface area contributed by atoms with E-state index in [0.717, 1.165) is 25.8 Å². The molecule has 112 valence electrons. The van der Waals surface area contributed by atoms with Gasteiger partial charge >= 0.3 is 0 Å². The summed E-state index contributed by atoms with van der Waals surface area (Å²) >= 11 is 3.11. The molecular formula is C14H19BrClFN2O. The number of halogens is 3. The Morgan fingerprint density at radius 2 is 2.20 bits per heavy atom. The van der Waals surface area contributed by atoms with Crippen molar-refractivity contribution in [1.82, 2.24) is 4.90 Å². The van der Waals surface area contributed by atoms with Gasteiger partial charge < -0.3 is 10.6 Å². The topological polar surface area (TPSA) is 46.3 Å². The number of nitrogens with zero attached hydrogens (tertiary/aromatic N) is 1. The van der Waals surface area contributed by atoms with Gasteiger partial charge in [-0.15, -0.1) is 12.4 Å². The van der Waals surface area contributed by atoms with Gasteiger partial charge in [-0.2, -0.15) is 0 Å². The molecule has 1 fully saturated rings. The van der Waals surface area contributed by atoms with Crippen molar-refractivity contribution < 1.29 is 9.18 Å². The van der Waals surface area contributed by atoms with Gasteiger partial charge in [0, 0.05) is 24.2 Å². The third-order valence-corrected chi connectivity index (χ3v) is 4.19. The lowest BCUT2D eigenvalue weighted by Gasteiger charge is -2.38. The summed E-state index contributed by atoms with van der Waals surface area (Å²) < 4.78 is 13.5. The Morgan fingerprint density at radius 3 is 2.80 bits per heavy atom. The zero-order chi connectivity index (χ0) is 14.0. The quantitative estimate of drug-likeness (QED) is 0.873. The van der Waals surface area contributed by atoms with E-state index in [0.29, 0.717) is 10.0 Å². The van der Waals surface area contributed by atoms with Crippen LogP contribution >= 0.6 is 28.3 Å². The summed E-state index contributed by atoms with van der Waals surface area (Å²) in [7, 11) is 0. The predicted molar refractivity (Wildman–Crippen MR) is 83.7 cm³/mol. The first-order valence-electron chi connectivity index (χ1n) is 6.52. The van der Waals surface area contributed by atoms with Crippen molar-refractivity contribution in [2.75, 3.05) is 6.54 Å². The van der Waals surface area contributed by atoms with Gasteiger partial charge in [0.1, 0.15) is 5.82 Å². The zero-order valence-corrected chi connectivity index (χ0v) is 13.7. The molecule has 2 N–H and O–H groups in total. The Hall–Kier alpha value is -0.650. The first-order valence-corrected chi connectivity index (χ1v) is 7.31. The lowest BCUT2D eigenvalue weighted by Crippen LogP contribution is -2.51. The van der Waals surface area contributed by atoms with Crippen LogP contribution in [0.25, 0.3) is 0 Å². The molecule has 1 aromatic rings. The number of carbonyl (C=O) groups is 1. The smallest absolute Gasteiger partial charge is 0.254 e. The second-order valence-corrected chi connectivity index (χ2v) is 5.90. The van der Waals surface area contributed by atoms with Crippen LogP contribution in [0.5, 0.6) is 0 Å². The van der Waals surface area contributed by atoms with Crippen LogP contribution in [0.2, 0.25) is 0 Å².